The van der Waals surface area contributed by atoms with Crippen LogP contribution in [0.25, 0.3) is 0 Å². The van der Waals surface area contributed by atoms with Gasteiger partial charge in [-0.2, -0.15) is 0 Å². The minimum absolute atomic E-state index is 0.456. The van der Waals surface area contributed by atoms with Crippen molar-refractivity contribution in [1.29, 1.82) is 0 Å². The van der Waals surface area contributed by atoms with Gasteiger partial charge in [0.2, 0.25) is 0 Å². The lowest BCUT2D eigenvalue weighted by Gasteiger charge is -2.32. The summed E-state index contributed by atoms with van der Waals surface area (Å²) in [5.74, 6) is 0. The third kappa shape index (κ3) is 3.40. The fraction of sp³-hybridized carbons (Fsp3) is 0.647. The Morgan fingerprint density at radius 2 is 2.05 bits per heavy atom. The van der Waals surface area contributed by atoms with Crippen LogP contribution in [0.3, 0.4) is 0 Å². The molecule has 1 aliphatic carbocycles. The molecule has 1 aromatic rings. The van der Waals surface area contributed by atoms with Gasteiger partial charge in [0.15, 0.2) is 0 Å². The molecule has 2 unspecified atom stereocenters. The van der Waals surface area contributed by atoms with E-state index in [1.54, 1.807) is 0 Å². The number of nitrogens with one attached hydrogen (secondary N) is 1. The molecule has 0 fully saturated rings. The van der Waals surface area contributed by atoms with Crippen LogP contribution < -0.4 is 5.32 Å². The van der Waals surface area contributed by atoms with Crippen LogP contribution in [0.2, 0.25) is 0 Å². The molecule has 0 spiro atoms. The summed E-state index contributed by atoms with van der Waals surface area (Å²) >= 11 is 0. The zero-order valence-electron chi connectivity index (χ0n) is 13.1. The Hall–Kier alpha value is -0.900. The second-order valence-corrected chi connectivity index (χ2v) is 5.33. The van der Waals surface area contributed by atoms with Crippen LogP contribution in [-0.4, -0.2) is 43.8 Å². The minimum atomic E-state index is 0.456. The first-order chi connectivity index (χ1) is 9.81. The topological polar surface area (TPSA) is 24.5 Å². The number of rotatable bonds is 8. The van der Waals surface area contributed by atoms with Gasteiger partial charge in [0.1, 0.15) is 0 Å². The molecule has 3 heteroatoms. The summed E-state index contributed by atoms with van der Waals surface area (Å²) in [5.41, 5.74) is 2.98. The molecule has 0 bridgehead atoms. The van der Waals surface area contributed by atoms with Crippen molar-refractivity contribution >= 4 is 0 Å². The van der Waals surface area contributed by atoms with Gasteiger partial charge in [-0.15, -0.1) is 0 Å². The fourth-order valence-electron chi connectivity index (χ4n) is 3.26. The van der Waals surface area contributed by atoms with Gasteiger partial charge in [-0.3, -0.25) is 4.90 Å². The van der Waals surface area contributed by atoms with E-state index in [0.29, 0.717) is 12.1 Å². The van der Waals surface area contributed by atoms with Crippen molar-refractivity contribution in [2.24, 2.45) is 0 Å². The summed E-state index contributed by atoms with van der Waals surface area (Å²) in [7, 11) is 0. The predicted octanol–water partition coefficient (Wildman–Crippen LogP) is 2.62. The van der Waals surface area contributed by atoms with Gasteiger partial charge in [0.05, 0.1) is 6.61 Å². The fourth-order valence-corrected chi connectivity index (χ4v) is 3.26. The number of nitrogens with zero attached hydrogens (tertiary/aromatic N) is 1. The lowest BCUT2D eigenvalue weighted by Crippen LogP contribution is -2.44. The van der Waals surface area contributed by atoms with Crippen LogP contribution in [-0.2, 0) is 11.2 Å². The first-order valence-electron chi connectivity index (χ1n) is 7.94. The monoisotopic (exact) mass is 276 g/mol. The van der Waals surface area contributed by atoms with Crippen molar-refractivity contribution in [3.63, 3.8) is 0 Å². The zero-order chi connectivity index (χ0) is 14.4. The van der Waals surface area contributed by atoms with Gasteiger partial charge in [0, 0.05) is 25.2 Å². The number of hydrogen-bond acceptors (Lipinski definition) is 3. The normalized spacial score (nSPS) is 21.4. The van der Waals surface area contributed by atoms with Crippen molar-refractivity contribution in [2.75, 3.05) is 32.8 Å². The van der Waals surface area contributed by atoms with E-state index in [0.717, 1.165) is 39.3 Å². The summed E-state index contributed by atoms with van der Waals surface area (Å²) in [6.45, 7) is 11.2. The van der Waals surface area contributed by atoms with E-state index in [1.807, 2.05) is 0 Å². The highest BCUT2D eigenvalue weighted by Gasteiger charge is 2.34. The summed E-state index contributed by atoms with van der Waals surface area (Å²) in [4.78, 5) is 2.56. The molecule has 1 aromatic carbocycles. The molecular weight excluding hydrogens is 248 g/mol. The van der Waals surface area contributed by atoms with Crippen LogP contribution in [0.1, 0.15) is 37.9 Å². The van der Waals surface area contributed by atoms with Crippen LogP contribution in [0, 0.1) is 0 Å². The van der Waals surface area contributed by atoms with Gasteiger partial charge in [-0.1, -0.05) is 38.1 Å². The Bertz CT molecular complexity index is 408. The van der Waals surface area contributed by atoms with E-state index in [4.69, 9.17) is 4.74 Å². The standard InChI is InChI=1S/C17H28N2O/c1-4-18-17-15-10-8-7-9-14(15)13-16(17)19(5-2)11-12-20-6-3/h7-10,16-18H,4-6,11-13H2,1-3H3. The van der Waals surface area contributed by atoms with E-state index in [-0.39, 0.29) is 0 Å². The Morgan fingerprint density at radius 1 is 1.25 bits per heavy atom. The van der Waals surface area contributed by atoms with Gasteiger partial charge < -0.3 is 10.1 Å². The number of hydrogen-bond donors (Lipinski definition) is 1. The molecule has 112 valence electrons. The molecule has 0 heterocycles. The summed E-state index contributed by atoms with van der Waals surface area (Å²) in [6, 6.07) is 9.87. The van der Waals surface area contributed by atoms with Crippen molar-refractivity contribution in [1.82, 2.24) is 10.2 Å². The van der Waals surface area contributed by atoms with E-state index in [2.05, 4.69) is 55.3 Å². The highest BCUT2D eigenvalue weighted by atomic mass is 16.5. The van der Waals surface area contributed by atoms with Gasteiger partial charge >= 0.3 is 0 Å². The molecule has 0 aliphatic heterocycles. The van der Waals surface area contributed by atoms with Crippen LogP contribution >= 0.6 is 0 Å². The second kappa shape index (κ2) is 7.77. The molecule has 2 atom stereocenters. The Balaban J connectivity index is 2.10. The van der Waals surface area contributed by atoms with Crippen molar-refractivity contribution < 1.29 is 4.74 Å². The highest BCUT2D eigenvalue weighted by Crippen LogP contribution is 2.34. The predicted molar refractivity (Wildman–Crippen MR) is 84.1 cm³/mol. The molecule has 2 rings (SSSR count). The lowest BCUT2D eigenvalue weighted by molar-refractivity contribution is 0.0888. The smallest absolute Gasteiger partial charge is 0.0593 e. The van der Waals surface area contributed by atoms with Crippen LogP contribution in [0.5, 0.6) is 0 Å². The van der Waals surface area contributed by atoms with Gasteiger partial charge in [-0.05, 0) is 37.6 Å². The summed E-state index contributed by atoms with van der Waals surface area (Å²) in [6.07, 6.45) is 1.15. The average molecular weight is 276 g/mol. The molecule has 0 radical (unpaired) electrons. The quantitative estimate of drug-likeness (QED) is 0.739. The highest BCUT2D eigenvalue weighted by molar-refractivity contribution is 5.37. The number of likely N-dealkylation sites (N-methyl/N-ethyl adjacent to an activating group) is 2. The Morgan fingerprint density at radius 3 is 2.75 bits per heavy atom. The third-order valence-electron chi connectivity index (χ3n) is 4.23. The summed E-state index contributed by atoms with van der Waals surface area (Å²) < 4.78 is 5.54. The number of benzene rings is 1. The molecule has 0 saturated carbocycles. The van der Waals surface area contributed by atoms with E-state index in [9.17, 15) is 0 Å². The Labute approximate surface area is 123 Å². The molecule has 20 heavy (non-hydrogen) atoms. The largest absolute Gasteiger partial charge is 0.380 e. The molecule has 0 saturated heterocycles. The molecule has 1 N–H and O–H groups in total. The van der Waals surface area contributed by atoms with E-state index < -0.39 is 0 Å². The zero-order valence-corrected chi connectivity index (χ0v) is 13.1. The van der Waals surface area contributed by atoms with Crippen molar-refractivity contribution in [3.8, 4) is 0 Å². The molecule has 3 nitrogen and oxygen atoms in total. The van der Waals surface area contributed by atoms with E-state index in [1.165, 1.54) is 11.1 Å². The minimum Gasteiger partial charge on any atom is -0.380 e. The summed E-state index contributed by atoms with van der Waals surface area (Å²) in [5, 5.41) is 3.67. The van der Waals surface area contributed by atoms with Crippen LogP contribution in [0.4, 0.5) is 0 Å². The molecule has 1 aliphatic rings. The maximum absolute atomic E-state index is 5.54. The molecular formula is C17H28N2O. The molecule has 0 aromatic heterocycles. The maximum atomic E-state index is 5.54. The van der Waals surface area contributed by atoms with Gasteiger partial charge in [-0.25, -0.2) is 0 Å². The number of ether oxygens (including phenoxy) is 1. The SMILES string of the molecule is CCNC1c2ccccc2CC1N(CC)CCOCC. The third-order valence-corrected chi connectivity index (χ3v) is 4.23. The lowest BCUT2D eigenvalue weighted by atomic mass is 10.1. The van der Waals surface area contributed by atoms with Gasteiger partial charge in [0.25, 0.3) is 0 Å². The number of fused-ring (bicyclic) bond motifs is 1. The Kier molecular flexibility index (Phi) is 6.02. The van der Waals surface area contributed by atoms with Crippen molar-refractivity contribution in [3.05, 3.63) is 35.4 Å². The second-order valence-electron chi connectivity index (χ2n) is 5.33. The van der Waals surface area contributed by atoms with Crippen LogP contribution in [0.15, 0.2) is 24.3 Å². The average Bonchev–Trinajstić information content (AvgIpc) is 2.83. The van der Waals surface area contributed by atoms with E-state index >= 15 is 0 Å². The van der Waals surface area contributed by atoms with Crippen molar-refractivity contribution in [2.45, 2.75) is 39.3 Å². The maximum Gasteiger partial charge on any atom is 0.0593 e. The first-order valence-corrected chi connectivity index (χ1v) is 7.94. The molecule has 0 amide bonds. The first kappa shape index (κ1) is 15.5.